The number of hydrogen-bond acceptors (Lipinski definition) is 2. The Morgan fingerprint density at radius 1 is 0.909 bits per heavy atom. The summed E-state index contributed by atoms with van der Waals surface area (Å²) in [6.45, 7) is 15.2. The van der Waals surface area contributed by atoms with Gasteiger partial charge in [0.1, 0.15) is 0 Å². The average Bonchev–Trinajstić information content (AvgIpc) is 2.83. The van der Waals surface area contributed by atoms with Gasteiger partial charge in [0.25, 0.3) is 0 Å². The van der Waals surface area contributed by atoms with Crippen molar-refractivity contribution in [3.63, 3.8) is 0 Å². The van der Waals surface area contributed by atoms with Gasteiger partial charge in [0.05, 0.1) is 0 Å². The van der Waals surface area contributed by atoms with E-state index in [1.165, 1.54) is 70.2 Å². The molecule has 0 fully saturated rings. The van der Waals surface area contributed by atoms with Crippen LogP contribution in [0, 0.1) is 6.92 Å². The average molecular weight is 581 g/mol. The first kappa shape index (κ1) is 30.6. The van der Waals surface area contributed by atoms with Crippen molar-refractivity contribution in [1.82, 2.24) is 0 Å². The van der Waals surface area contributed by atoms with Crippen molar-refractivity contribution in [2.24, 2.45) is 0 Å². The van der Waals surface area contributed by atoms with Crippen LogP contribution in [0.5, 0.6) is 0 Å². The van der Waals surface area contributed by atoms with Gasteiger partial charge in [-0.15, -0.1) is 0 Å². The molecule has 2 atom stereocenters. The molecule has 2 nitrogen and oxygen atoms in total. The molecule has 1 aromatic rings. The van der Waals surface area contributed by atoms with Gasteiger partial charge in [0.15, 0.2) is 0 Å². The molecular weight excluding hydrogens is 531 g/mol. The molecule has 0 aliphatic rings. The zero-order chi connectivity index (χ0) is 24.5. The Morgan fingerprint density at radius 3 is 1.88 bits per heavy atom. The van der Waals surface area contributed by atoms with Crippen LogP contribution in [0.4, 0.5) is 0 Å². The fourth-order valence-corrected chi connectivity index (χ4v) is 20.0. The van der Waals surface area contributed by atoms with Gasteiger partial charge in [0.2, 0.25) is 0 Å². The van der Waals surface area contributed by atoms with Gasteiger partial charge in [-0.05, 0) is 0 Å². The number of benzene rings is 1. The van der Waals surface area contributed by atoms with Crippen LogP contribution in [-0.2, 0) is 13.9 Å². The number of unbranched alkanes of at least 4 members (excludes halogenated alkanes) is 5. The molecule has 0 bridgehead atoms. The van der Waals surface area contributed by atoms with Crippen LogP contribution in [0.15, 0.2) is 52.8 Å². The van der Waals surface area contributed by atoms with Crippen LogP contribution in [0.1, 0.15) is 97.5 Å². The van der Waals surface area contributed by atoms with Crippen molar-refractivity contribution in [2.75, 3.05) is 0 Å². The fraction of sp³-hybridized carbons (Fsp3) is 0.655. The number of aryl methyl sites for hydroxylation is 1. The van der Waals surface area contributed by atoms with E-state index in [0.29, 0.717) is 0 Å². The minimum atomic E-state index is -2.87. The number of rotatable bonds is 19. The van der Waals surface area contributed by atoms with Crippen molar-refractivity contribution in [1.29, 1.82) is 0 Å². The Kier molecular flexibility index (Phi) is 16.7. The summed E-state index contributed by atoms with van der Waals surface area (Å²) >= 11 is -2.87. The quantitative estimate of drug-likeness (QED) is 0.0924. The molecular formula is C29H50O2SSn. The monoisotopic (exact) mass is 582 g/mol. The third-order valence-electron chi connectivity index (χ3n) is 6.47. The summed E-state index contributed by atoms with van der Waals surface area (Å²) in [7, 11) is -1.22. The zero-order valence-electron chi connectivity index (χ0n) is 22.2. The minimum absolute atomic E-state index is 0.0435. The van der Waals surface area contributed by atoms with Crippen molar-refractivity contribution in [3.8, 4) is 0 Å². The Labute approximate surface area is 212 Å². The molecule has 0 spiro atoms. The van der Waals surface area contributed by atoms with Crippen molar-refractivity contribution >= 4 is 29.6 Å². The zero-order valence-corrected chi connectivity index (χ0v) is 25.8. The van der Waals surface area contributed by atoms with Crippen molar-refractivity contribution < 1.29 is 7.28 Å². The number of allylic oxidation sites excluding steroid dienone is 2. The molecule has 0 saturated carbocycles. The number of hydrogen-bond donors (Lipinski definition) is 0. The first-order chi connectivity index (χ1) is 16.0. The van der Waals surface area contributed by atoms with Gasteiger partial charge in [-0.3, -0.25) is 0 Å². The molecule has 4 heteroatoms. The standard InChI is InChI=1S/C17H23O2S.3C4H9.Sn/c1-4-6-7-9-16(18)17(8-5-2)20(19)15-12-10-14(3)11-13-15;3*1-3-4-2;/h5,8,10-13,16H,2,4,6-7,9H2,1,3H3;3*1,3-4H2,2H3;/q-1;;;;+1/b17-8+;;;;/t16-,20?;;;;/m1..../s1. The summed E-state index contributed by atoms with van der Waals surface area (Å²) in [6, 6.07) is 8.12. The molecule has 0 amide bonds. The normalized spacial score (nSPS) is 14.3. The molecule has 0 radical (unpaired) electrons. The predicted molar refractivity (Wildman–Crippen MR) is 150 cm³/mol. The van der Waals surface area contributed by atoms with Gasteiger partial charge in [0, 0.05) is 0 Å². The van der Waals surface area contributed by atoms with Gasteiger partial charge in [-0.25, -0.2) is 0 Å². The molecule has 1 aromatic carbocycles. The van der Waals surface area contributed by atoms with Gasteiger partial charge in [-0.2, -0.15) is 0 Å². The van der Waals surface area contributed by atoms with Crippen LogP contribution >= 0.6 is 0 Å². The van der Waals surface area contributed by atoms with E-state index in [9.17, 15) is 4.21 Å². The summed E-state index contributed by atoms with van der Waals surface area (Å²) in [5, 5.41) is 0. The Hall–Kier alpha value is -0.391. The van der Waals surface area contributed by atoms with Crippen molar-refractivity contribution in [2.45, 2.75) is 123 Å². The van der Waals surface area contributed by atoms with E-state index >= 15 is 0 Å². The summed E-state index contributed by atoms with van der Waals surface area (Å²) in [5.74, 6) is 0. The van der Waals surface area contributed by atoms with Crippen LogP contribution in [0.3, 0.4) is 0 Å². The Morgan fingerprint density at radius 2 is 1.42 bits per heavy atom. The van der Waals surface area contributed by atoms with Crippen LogP contribution in [0.2, 0.25) is 13.3 Å². The third kappa shape index (κ3) is 11.3. The van der Waals surface area contributed by atoms with Crippen LogP contribution < -0.4 is 0 Å². The van der Waals surface area contributed by atoms with E-state index < -0.39 is 29.6 Å². The molecule has 0 aliphatic carbocycles. The van der Waals surface area contributed by atoms with Crippen LogP contribution in [-0.4, -0.2) is 29.1 Å². The second-order valence-electron chi connectivity index (χ2n) is 9.48. The summed E-state index contributed by atoms with van der Waals surface area (Å²) < 4.78 is 25.1. The topological polar surface area (TPSA) is 26.3 Å². The van der Waals surface area contributed by atoms with E-state index in [-0.39, 0.29) is 6.10 Å². The maximum absolute atomic E-state index is 13.8. The molecule has 33 heavy (non-hydrogen) atoms. The molecule has 1 unspecified atom stereocenters. The second kappa shape index (κ2) is 18.0. The fourth-order valence-electron chi connectivity index (χ4n) is 4.39. The van der Waals surface area contributed by atoms with E-state index in [0.717, 1.165) is 22.6 Å². The SMILES string of the molecule is C=C/C=C(\[C@@H](CCCCC)[O][Sn]([CH2]CCC)([CH2]CCC)[CH2]CCC)S(=O)c1ccc(C)cc1. The van der Waals surface area contributed by atoms with Gasteiger partial charge in [-0.1, -0.05) is 0 Å². The maximum atomic E-state index is 13.8. The predicted octanol–water partition coefficient (Wildman–Crippen LogP) is 9.48. The van der Waals surface area contributed by atoms with Crippen LogP contribution in [0.25, 0.3) is 0 Å². The van der Waals surface area contributed by atoms with E-state index in [1.807, 2.05) is 18.2 Å². The summed E-state index contributed by atoms with van der Waals surface area (Å²) in [4.78, 5) is 1.80. The Bertz CT molecular complexity index is 689. The molecule has 1 rings (SSSR count). The Balaban J connectivity index is 3.36. The molecule has 0 heterocycles. The molecule has 0 aliphatic heterocycles. The van der Waals surface area contributed by atoms with Gasteiger partial charge < -0.3 is 0 Å². The third-order valence-corrected chi connectivity index (χ3v) is 21.1. The summed E-state index contributed by atoms with van der Waals surface area (Å²) in [6.07, 6.45) is 15.7. The summed E-state index contributed by atoms with van der Waals surface area (Å²) in [5.41, 5.74) is 1.19. The molecule has 0 saturated heterocycles. The molecule has 0 aromatic heterocycles. The molecule has 188 valence electrons. The molecule has 0 N–H and O–H groups in total. The van der Waals surface area contributed by atoms with Crippen molar-refractivity contribution in [3.05, 3.63) is 53.5 Å². The second-order valence-corrected chi connectivity index (χ2v) is 22.7. The van der Waals surface area contributed by atoms with E-state index in [4.69, 9.17) is 3.07 Å². The van der Waals surface area contributed by atoms with E-state index in [1.54, 1.807) is 6.08 Å². The first-order valence-corrected chi connectivity index (χ1v) is 21.8. The van der Waals surface area contributed by atoms with Gasteiger partial charge >= 0.3 is 213 Å². The first-order valence-electron chi connectivity index (χ1n) is 13.5. The van der Waals surface area contributed by atoms with E-state index in [2.05, 4.69) is 53.3 Å².